The van der Waals surface area contributed by atoms with Gasteiger partial charge in [0.2, 0.25) is 0 Å². The average Bonchev–Trinajstić information content (AvgIpc) is 1.96. The number of aliphatic hydroxyl groups is 1. The van der Waals surface area contributed by atoms with Crippen molar-refractivity contribution in [2.75, 3.05) is 13.2 Å². The lowest BCUT2D eigenvalue weighted by molar-refractivity contribution is -0.270. The number of hydrogen-bond acceptors (Lipinski definition) is 4. The zero-order valence-electron chi connectivity index (χ0n) is 6.71. The van der Waals surface area contributed by atoms with E-state index in [-0.39, 0.29) is 6.61 Å². The van der Waals surface area contributed by atoms with Gasteiger partial charge in [0, 0.05) is 13.5 Å². The summed E-state index contributed by atoms with van der Waals surface area (Å²) in [5, 5.41) is 8.38. The quantitative estimate of drug-likeness (QED) is 0.354. The third-order valence-corrected chi connectivity index (χ3v) is 1.06. The van der Waals surface area contributed by atoms with Gasteiger partial charge in [0.25, 0.3) is 0 Å². The lowest BCUT2D eigenvalue weighted by atomic mass is 10.2. The zero-order valence-corrected chi connectivity index (χ0v) is 6.71. The van der Waals surface area contributed by atoms with Gasteiger partial charge < -0.3 is 5.11 Å². The average molecular weight is 162 g/mol. The third kappa shape index (κ3) is 9.39. The molecule has 0 saturated heterocycles. The Morgan fingerprint density at radius 1 is 1.36 bits per heavy atom. The SMILES string of the molecule is CC(=O)OOCCCCCO. The molecule has 0 amide bonds. The summed E-state index contributed by atoms with van der Waals surface area (Å²) >= 11 is 0. The molecule has 0 aromatic rings. The normalized spacial score (nSPS) is 9.64. The van der Waals surface area contributed by atoms with Crippen LogP contribution in [0.2, 0.25) is 0 Å². The van der Waals surface area contributed by atoms with Crippen LogP contribution in [0.3, 0.4) is 0 Å². The van der Waals surface area contributed by atoms with Crippen LogP contribution < -0.4 is 0 Å². The molecule has 0 bridgehead atoms. The topological polar surface area (TPSA) is 55.8 Å². The van der Waals surface area contributed by atoms with Crippen LogP contribution in [0, 0.1) is 0 Å². The van der Waals surface area contributed by atoms with Gasteiger partial charge in [-0.1, -0.05) is 0 Å². The minimum absolute atomic E-state index is 0.202. The van der Waals surface area contributed by atoms with Crippen molar-refractivity contribution < 1.29 is 19.7 Å². The molecule has 1 N–H and O–H groups in total. The predicted octanol–water partition coefficient (Wildman–Crippen LogP) is 0.644. The maximum absolute atomic E-state index is 10.1. The maximum atomic E-state index is 10.1. The number of rotatable bonds is 6. The minimum Gasteiger partial charge on any atom is -0.396 e. The summed E-state index contributed by atoms with van der Waals surface area (Å²) in [6, 6.07) is 0. The van der Waals surface area contributed by atoms with E-state index in [0.29, 0.717) is 6.61 Å². The first kappa shape index (κ1) is 10.4. The van der Waals surface area contributed by atoms with Gasteiger partial charge in [0.05, 0.1) is 6.61 Å². The predicted molar refractivity (Wildman–Crippen MR) is 38.7 cm³/mol. The molecule has 0 aliphatic heterocycles. The van der Waals surface area contributed by atoms with Gasteiger partial charge >= 0.3 is 5.97 Å². The van der Waals surface area contributed by atoms with E-state index in [1.165, 1.54) is 6.92 Å². The summed E-state index contributed by atoms with van der Waals surface area (Å²) in [5.74, 6) is -0.438. The highest BCUT2D eigenvalue weighted by Gasteiger charge is 1.93. The maximum Gasteiger partial charge on any atom is 0.339 e. The van der Waals surface area contributed by atoms with E-state index in [1.807, 2.05) is 0 Å². The molecule has 4 heteroatoms. The van der Waals surface area contributed by atoms with Crippen LogP contribution in [0.25, 0.3) is 0 Å². The molecule has 11 heavy (non-hydrogen) atoms. The molecule has 0 atom stereocenters. The molecule has 0 saturated carbocycles. The van der Waals surface area contributed by atoms with Gasteiger partial charge in [-0.15, -0.1) is 0 Å². The van der Waals surface area contributed by atoms with E-state index < -0.39 is 5.97 Å². The minimum atomic E-state index is -0.438. The van der Waals surface area contributed by atoms with Gasteiger partial charge in [-0.05, 0) is 19.3 Å². The fourth-order valence-electron chi connectivity index (χ4n) is 0.574. The summed E-state index contributed by atoms with van der Waals surface area (Å²) < 4.78 is 0. The van der Waals surface area contributed by atoms with E-state index in [1.54, 1.807) is 0 Å². The van der Waals surface area contributed by atoms with E-state index in [9.17, 15) is 4.79 Å². The molecule has 0 rings (SSSR count). The zero-order chi connectivity index (χ0) is 8.53. The van der Waals surface area contributed by atoms with E-state index in [0.717, 1.165) is 19.3 Å². The Bertz CT molecular complexity index is 103. The van der Waals surface area contributed by atoms with Crippen LogP contribution in [0.4, 0.5) is 0 Å². The summed E-state index contributed by atoms with van der Waals surface area (Å²) in [7, 11) is 0. The Labute approximate surface area is 66.0 Å². The smallest absolute Gasteiger partial charge is 0.339 e. The molecule has 66 valence electrons. The fraction of sp³-hybridized carbons (Fsp3) is 0.857. The Hall–Kier alpha value is -0.610. The number of carbonyl (C=O) groups excluding carboxylic acids is 1. The molecule has 0 spiro atoms. The highest BCUT2D eigenvalue weighted by molar-refractivity contribution is 5.65. The number of unbranched alkanes of at least 4 members (excludes halogenated alkanes) is 2. The van der Waals surface area contributed by atoms with Crippen LogP contribution in [0.1, 0.15) is 26.2 Å². The Kier molecular flexibility index (Phi) is 7.08. The molecule has 4 nitrogen and oxygen atoms in total. The highest BCUT2D eigenvalue weighted by Crippen LogP contribution is 1.94. The fourth-order valence-corrected chi connectivity index (χ4v) is 0.574. The van der Waals surface area contributed by atoms with Gasteiger partial charge in [-0.25, -0.2) is 4.79 Å². The number of aliphatic hydroxyl groups excluding tert-OH is 1. The Morgan fingerprint density at radius 2 is 2.09 bits per heavy atom. The highest BCUT2D eigenvalue weighted by atomic mass is 17.2. The molecule has 0 aliphatic carbocycles. The molecule has 0 radical (unpaired) electrons. The second-order valence-corrected chi connectivity index (χ2v) is 2.18. The van der Waals surface area contributed by atoms with Gasteiger partial charge in [-0.2, -0.15) is 4.89 Å². The second kappa shape index (κ2) is 7.50. The van der Waals surface area contributed by atoms with Crippen molar-refractivity contribution in [2.24, 2.45) is 0 Å². The first-order valence-corrected chi connectivity index (χ1v) is 3.68. The van der Waals surface area contributed by atoms with Crippen molar-refractivity contribution >= 4 is 5.97 Å². The van der Waals surface area contributed by atoms with E-state index in [2.05, 4.69) is 9.78 Å². The van der Waals surface area contributed by atoms with Crippen LogP contribution >= 0.6 is 0 Å². The van der Waals surface area contributed by atoms with Gasteiger partial charge in [0.15, 0.2) is 0 Å². The molecular formula is C7H14O4. The molecular weight excluding hydrogens is 148 g/mol. The van der Waals surface area contributed by atoms with Gasteiger partial charge in [0.1, 0.15) is 0 Å². The summed E-state index contributed by atoms with van der Waals surface area (Å²) in [6.45, 7) is 1.89. The monoisotopic (exact) mass is 162 g/mol. The van der Waals surface area contributed by atoms with Crippen molar-refractivity contribution in [1.82, 2.24) is 0 Å². The van der Waals surface area contributed by atoms with Crippen LogP contribution in [-0.4, -0.2) is 24.3 Å². The first-order valence-electron chi connectivity index (χ1n) is 3.68. The lowest BCUT2D eigenvalue weighted by Crippen LogP contribution is -2.01. The van der Waals surface area contributed by atoms with Crippen LogP contribution in [0.15, 0.2) is 0 Å². The molecule has 0 fully saturated rings. The van der Waals surface area contributed by atoms with E-state index >= 15 is 0 Å². The Morgan fingerprint density at radius 3 is 2.64 bits per heavy atom. The summed E-state index contributed by atoms with van der Waals surface area (Å²) in [4.78, 5) is 18.9. The van der Waals surface area contributed by atoms with Gasteiger partial charge in [-0.3, -0.25) is 4.89 Å². The second-order valence-electron chi connectivity index (χ2n) is 2.18. The van der Waals surface area contributed by atoms with E-state index in [4.69, 9.17) is 5.11 Å². The molecule has 0 unspecified atom stereocenters. The van der Waals surface area contributed by atoms with Crippen LogP contribution in [-0.2, 0) is 14.6 Å². The lowest BCUT2D eigenvalue weighted by Gasteiger charge is -1.99. The molecule has 0 aromatic heterocycles. The molecule has 0 aliphatic rings. The number of carbonyl (C=O) groups is 1. The van der Waals surface area contributed by atoms with Crippen molar-refractivity contribution in [3.05, 3.63) is 0 Å². The van der Waals surface area contributed by atoms with Crippen molar-refractivity contribution in [3.8, 4) is 0 Å². The van der Waals surface area contributed by atoms with Crippen molar-refractivity contribution in [1.29, 1.82) is 0 Å². The summed E-state index contributed by atoms with van der Waals surface area (Å²) in [5.41, 5.74) is 0. The van der Waals surface area contributed by atoms with Crippen molar-refractivity contribution in [2.45, 2.75) is 26.2 Å². The molecule has 0 heterocycles. The molecule has 0 aromatic carbocycles. The summed E-state index contributed by atoms with van der Waals surface area (Å²) in [6.07, 6.45) is 2.45. The third-order valence-electron chi connectivity index (χ3n) is 1.06. The number of hydrogen-bond donors (Lipinski definition) is 1. The largest absolute Gasteiger partial charge is 0.396 e. The first-order chi connectivity index (χ1) is 5.27. The van der Waals surface area contributed by atoms with Crippen molar-refractivity contribution in [3.63, 3.8) is 0 Å². The van der Waals surface area contributed by atoms with Crippen LogP contribution in [0.5, 0.6) is 0 Å². The standard InChI is InChI=1S/C7H14O4/c1-7(9)11-10-6-4-2-3-5-8/h8H,2-6H2,1H3. The Balaban J connectivity index is 2.85.